The van der Waals surface area contributed by atoms with E-state index in [4.69, 9.17) is 13.8 Å². The van der Waals surface area contributed by atoms with Crippen molar-refractivity contribution < 1.29 is 18.3 Å². The average Bonchev–Trinajstić information content (AvgIpc) is 2.47. The average molecular weight is 341 g/mol. The molecule has 1 aromatic carbocycles. The maximum absolute atomic E-state index is 13.7. The molecule has 130 valence electrons. The van der Waals surface area contributed by atoms with Crippen molar-refractivity contribution in [1.29, 1.82) is 0 Å². The molecule has 1 atom stereocenters. The van der Waals surface area contributed by atoms with Gasteiger partial charge in [0.05, 0.1) is 25.4 Å². The number of rotatable bonds is 7. The highest BCUT2D eigenvalue weighted by molar-refractivity contribution is 7.54. The van der Waals surface area contributed by atoms with Crippen molar-refractivity contribution in [3.63, 3.8) is 0 Å². The summed E-state index contributed by atoms with van der Waals surface area (Å²) < 4.78 is 30.9. The fraction of sp³-hybridized carbons (Fsp3) is 0.647. The van der Waals surface area contributed by atoms with E-state index in [0.29, 0.717) is 26.3 Å². The summed E-state index contributed by atoms with van der Waals surface area (Å²) >= 11 is 0. The van der Waals surface area contributed by atoms with Crippen LogP contribution in [-0.2, 0) is 18.3 Å². The summed E-state index contributed by atoms with van der Waals surface area (Å²) in [6.07, 6.45) is -0.348. The van der Waals surface area contributed by atoms with Crippen LogP contribution in [0.15, 0.2) is 30.3 Å². The Labute approximate surface area is 139 Å². The lowest BCUT2D eigenvalue weighted by Gasteiger charge is -2.39. The van der Waals surface area contributed by atoms with Gasteiger partial charge in [-0.25, -0.2) is 0 Å². The predicted octanol–water partition coefficient (Wildman–Crippen LogP) is 4.06. The topological polar surface area (TPSA) is 48.0 Å². The second kappa shape index (κ2) is 8.41. The van der Waals surface area contributed by atoms with Crippen molar-refractivity contribution >= 4 is 7.60 Å². The number of benzene rings is 1. The first-order chi connectivity index (χ1) is 10.9. The molecule has 0 bridgehead atoms. The molecule has 0 aliphatic carbocycles. The molecule has 1 aliphatic rings. The third-order valence-corrected chi connectivity index (χ3v) is 6.16. The molecule has 5 nitrogen and oxygen atoms in total. The Morgan fingerprint density at radius 1 is 1.00 bits per heavy atom. The molecule has 0 N–H and O–H groups in total. The van der Waals surface area contributed by atoms with Crippen molar-refractivity contribution in [2.24, 2.45) is 0 Å². The molecule has 1 aromatic rings. The van der Waals surface area contributed by atoms with Gasteiger partial charge in [-0.3, -0.25) is 9.46 Å². The Morgan fingerprint density at radius 3 is 2.00 bits per heavy atom. The highest BCUT2D eigenvalue weighted by atomic mass is 31.2. The van der Waals surface area contributed by atoms with Crippen molar-refractivity contribution in [3.8, 4) is 0 Å². The summed E-state index contributed by atoms with van der Waals surface area (Å²) in [6.45, 7) is 10.2. The van der Waals surface area contributed by atoms with Gasteiger partial charge in [-0.15, -0.1) is 0 Å². The molecule has 1 fully saturated rings. The van der Waals surface area contributed by atoms with E-state index in [9.17, 15) is 4.57 Å². The van der Waals surface area contributed by atoms with Gasteiger partial charge in [0.2, 0.25) is 0 Å². The standard InChI is InChI=1S/C17H28NO4P/c1-14(2)21-23(19,22-15(3)4)17(16-8-6-5-7-9-16)18-10-12-20-13-11-18/h5-9,14-15,17H,10-13H2,1-4H3. The second-order valence-corrected chi connectivity index (χ2v) is 8.27. The Hall–Kier alpha value is -0.710. The molecule has 6 heteroatoms. The fourth-order valence-corrected chi connectivity index (χ4v) is 5.39. The lowest BCUT2D eigenvalue weighted by atomic mass is 10.2. The minimum Gasteiger partial charge on any atom is -0.379 e. The first-order valence-corrected chi connectivity index (χ1v) is 9.87. The van der Waals surface area contributed by atoms with Crippen LogP contribution >= 0.6 is 7.60 Å². The minimum absolute atomic E-state index is 0.174. The van der Waals surface area contributed by atoms with Gasteiger partial charge in [0.25, 0.3) is 0 Å². The van der Waals surface area contributed by atoms with Crippen LogP contribution in [-0.4, -0.2) is 43.4 Å². The van der Waals surface area contributed by atoms with Gasteiger partial charge in [-0.1, -0.05) is 30.3 Å². The summed E-state index contributed by atoms with van der Waals surface area (Å²) in [5.74, 6) is -0.405. The molecule has 0 amide bonds. The molecule has 1 saturated heterocycles. The fourth-order valence-electron chi connectivity index (χ4n) is 2.77. The van der Waals surface area contributed by atoms with E-state index >= 15 is 0 Å². The monoisotopic (exact) mass is 341 g/mol. The second-order valence-electron chi connectivity index (χ2n) is 6.28. The third kappa shape index (κ3) is 5.13. The molecule has 23 heavy (non-hydrogen) atoms. The van der Waals surface area contributed by atoms with E-state index in [2.05, 4.69) is 4.90 Å². The normalized spacial score (nSPS) is 18.5. The molecule has 2 rings (SSSR count). The Balaban J connectivity index is 2.41. The molecule has 1 aliphatic heterocycles. The number of hydrogen-bond donors (Lipinski definition) is 0. The van der Waals surface area contributed by atoms with Crippen LogP contribution in [0.1, 0.15) is 39.0 Å². The van der Waals surface area contributed by atoms with E-state index in [1.165, 1.54) is 0 Å². The summed E-state index contributed by atoms with van der Waals surface area (Å²) in [7, 11) is -3.36. The van der Waals surface area contributed by atoms with Gasteiger partial charge in [0, 0.05) is 13.1 Å². The van der Waals surface area contributed by atoms with E-state index in [0.717, 1.165) is 5.56 Å². The summed E-state index contributed by atoms with van der Waals surface area (Å²) in [5.41, 5.74) is 0.957. The zero-order valence-corrected chi connectivity index (χ0v) is 15.4. The van der Waals surface area contributed by atoms with E-state index < -0.39 is 13.4 Å². The zero-order valence-electron chi connectivity index (χ0n) is 14.5. The van der Waals surface area contributed by atoms with Gasteiger partial charge in [-0.2, -0.15) is 0 Å². The van der Waals surface area contributed by atoms with E-state index in [-0.39, 0.29) is 12.2 Å². The number of ether oxygens (including phenoxy) is 1. The van der Waals surface area contributed by atoms with Crippen LogP contribution < -0.4 is 0 Å². The Morgan fingerprint density at radius 2 is 1.52 bits per heavy atom. The molecular formula is C17H28NO4P. The van der Waals surface area contributed by atoms with Gasteiger partial charge in [-0.05, 0) is 33.3 Å². The lowest BCUT2D eigenvalue weighted by molar-refractivity contribution is 0.0199. The van der Waals surface area contributed by atoms with Crippen molar-refractivity contribution in [3.05, 3.63) is 35.9 Å². The zero-order chi connectivity index (χ0) is 16.9. The Bertz CT molecular complexity index is 501. The molecule has 0 radical (unpaired) electrons. The first kappa shape index (κ1) is 18.6. The minimum atomic E-state index is -3.36. The maximum atomic E-state index is 13.7. The lowest BCUT2D eigenvalue weighted by Crippen LogP contribution is -2.40. The Kier molecular flexibility index (Phi) is 6.81. The van der Waals surface area contributed by atoms with Crippen LogP contribution in [0.25, 0.3) is 0 Å². The molecule has 1 heterocycles. The van der Waals surface area contributed by atoms with Crippen molar-refractivity contribution in [1.82, 2.24) is 4.90 Å². The number of morpholine rings is 1. The van der Waals surface area contributed by atoms with Crippen LogP contribution in [0.2, 0.25) is 0 Å². The summed E-state index contributed by atoms with van der Waals surface area (Å²) in [6, 6.07) is 9.84. The van der Waals surface area contributed by atoms with Crippen LogP contribution in [0.5, 0.6) is 0 Å². The van der Waals surface area contributed by atoms with Crippen molar-refractivity contribution in [2.75, 3.05) is 26.3 Å². The largest absolute Gasteiger partial charge is 0.379 e. The first-order valence-electron chi connectivity index (χ1n) is 8.25. The predicted molar refractivity (Wildman–Crippen MR) is 91.6 cm³/mol. The highest BCUT2D eigenvalue weighted by Gasteiger charge is 2.43. The molecule has 0 aromatic heterocycles. The van der Waals surface area contributed by atoms with Crippen LogP contribution in [0, 0.1) is 0 Å². The van der Waals surface area contributed by atoms with Crippen LogP contribution in [0.3, 0.4) is 0 Å². The van der Waals surface area contributed by atoms with Gasteiger partial charge in [0.15, 0.2) is 0 Å². The van der Waals surface area contributed by atoms with E-state index in [1.54, 1.807) is 0 Å². The third-order valence-electron chi connectivity index (χ3n) is 3.50. The number of hydrogen-bond acceptors (Lipinski definition) is 5. The van der Waals surface area contributed by atoms with Gasteiger partial charge < -0.3 is 13.8 Å². The van der Waals surface area contributed by atoms with Gasteiger partial charge in [0.1, 0.15) is 5.78 Å². The number of nitrogens with zero attached hydrogens (tertiary/aromatic N) is 1. The maximum Gasteiger partial charge on any atom is 0.352 e. The van der Waals surface area contributed by atoms with Crippen LogP contribution in [0.4, 0.5) is 0 Å². The smallest absolute Gasteiger partial charge is 0.352 e. The quantitative estimate of drug-likeness (QED) is 0.700. The SMILES string of the molecule is CC(C)OP(=O)(OC(C)C)C(c1ccccc1)N1CCOCC1. The molecule has 0 spiro atoms. The summed E-state index contributed by atoms with van der Waals surface area (Å²) in [5, 5.41) is 0. The highest BCUT2D eigenvalue weighted by Crippen LogP contribution is 2.63. The summed E-state index contributed by atoms with van der Waals surface area (Å²) in [4.78, 5) is 2.16. The molecule has 0 saturated carbocycles. The van der Waals surface area contributed by atoms with Crippen molar-refractivity contribution in [2.45, 2.75) is 45.7 Å². The molecular weight excluding hydrogens is 313 g/mol. The van der Waals surface area contributed by atoms with Gasteiger partial charge >= 0.3 is 7.60 Å². The molecule has 1 unspecified atom stereocenters. The van der Waals surface area contributed by atoms with E-state index in [1.807, 2.05) is 58.0 Å².